The SMILES string of the molecule is CCCCC/C=C\C/C=C\CCCCCCCCCCCCOCC(COC(=O)CCCCCCCCCCCCCCCCCCCCC)OC(=O)CCCCCCCCCCCCCCCCCCC. The van der Waals surface area contributed by atoms with Gasteiger partial charge in [0.15, 0.2) is 6.10 Å². The Bertz CT molecular complexity index is 1100. The Morgan fingerprint density at radius 1 is 0.306 bits per heavy atom. The van der Waals surface area contributed by atoms with E-state index in [1.807, 2.05) is 0 Å². The molecule has 0 radical (unpaired) electrons. The number of carbonyl (C=O) groups is 2. The monoisotopic (exact) mass is 1010 g/mol. The minimum absolute atomic E-state index is 0.0935. The van der Waals surface area contributed by atoms with Crippen molar-refractivity contribution in [3.8, 4) is 0 Å². The summed E-state index contributed by atoms with van der Waals surface area (Å²) in [6, 6.07) is 0. The van der Waals surface area contributed by atoms with Crippen LogP contribution in [0.1, 0.15) is 367 Å². The van der Waals surface area contributed by atoms with E-state index in [9.17, 15) is 9.59 Å². The second-order valence-corrected chi connectivity index (χ2v) is 22.4. The highest BCUT2D eigenvalue weighted by molar-refractivity contribution is 5.70. The second-order valence-electron chi connectivity index (χ2n) is 22.4. The maximum atomic E-state index is 12.9. The molecule has 0 aromatic carbocycles. The predicted octanol–water partition coefficient (Wildman–Crippen LogP) is 22.7. The number of allylic oxidation sites excluding steroid dienone is 4. The lowest BCUT2D eigenvalue weighted by Gasteiger charge is -2.18. The fourth-order valence-electron chi connectivity index (χ4n) is 10.1. The molecule has 0 aromatic rings. The molecule has 0 fully saturated rings. The summed E-state index contributed by atoms with van der Waals surface area (Å²) < 4.78 is 17.6. The second kappa shape index (κ2) is 63.7. The van der Waals surface area contributed by atoms with Crippen LogP contribution in [0.15, 0.2) is 24.3 Å². The standard InChI is InChI=1S/C67H128O5/c1-4-7-10-13-16-19-22-25-28-31-33-35-38-41-44-47-50-53-56-59-62-70-63-65(72-67(69)61-58-55-52-49-46-43-40-36-30-27-24-21-18-15-12-9-6-3)64-71-66(68)60-57-54-51-48-45-42-39-37-34-32-29-26-23-20-17-14-11-8-5-2/h16,19,25,28,65H,4-15,17-18,20-24,26-27,29-64H2,1-3H3/b19-16-,28-25-. The lowest BCUT2D eigenvalue weighted by Crippen LogP contribution is -2.30. The van der Waals surface area contributed by atoms with Crippen molar-refractivity contribution in [1.29, 1.82) is 0 Å². The highest BCUT2D eigenvalue weighted by Crippen LogP contribution is 2.18. The number of hydrogen-bond donors (Lipinski definition) is 0. The summed E-state index contributed by atoms with van der Waals surface area (Å²) >= 11 is 0. The van der Waals surface area contributed by atoms with Crippen LogP contribution in [0.5, 0.6) is 0 Å². The molecular weight excluding hydrogens is 885 g/mol. The van der Waals surface area contributed by atoms with Crippen molar-refractivity contribution in [1.82, 2.24) is 0 Å². The number of carbonyl (C=O) groups excluding carboxylic acids is 2. The molecule has 0 bridgehead atoms. The van der Waals surface area contributed by atoms with Crippen molar-refractivity contribution in [2.45, 2.75) is 374 Å². The lowest BCUT2D eigenvalue weighted by molar-refractivity contribution is -0.163. The molecule has 0 aliphatic heterocycles. The van der Waals surface area contributed by atoms with Gasteiger partial charge in [-0.3, -0.25) is 9.59 Å². The zero-order valence-electron chi connectivity index (χ0n) is 49.2. The lowest BCUT2D eigenvalue weighted by atomic mass is 10.0. The molecule has 5 nitrogen and oxygen atoms in total. The number of esters is 2. The fourth-order valence-corrected chi connectivity index (χ4v) is 10.1. The molecular formula is C67H128O5. The minimum Gasteiger partial charge on any atom is -0.462 e. The van der Waals surface area contributed by atoms with Gasteiger partial charge in [-0.2, -0.15) is 0 Å². The summed E-state index contributed by atoms with van der Waals surface area (Å²) in [6.45, 7) is 7.89. The topological polar surface area (TPSA) is 61.8 Å². The Hall–Kier alpha value is -1.62. The Morgan fingerprint density at radius 2 is 0.583 bits per heavy atom. The average molecular weight is 1010 g/mol. The first-order valence-electron chi connectivity index (χ1n) is 32.9. The first kappa shape index (κ1) is 70.4. The molecule has 0 aliphatic carbocycles. The molecule has 1 unspecified atom stereocenters. The Morgan fingerprint density at radius 3 is 0.944 bits per heavy atom. The van der Waals surface area contributed by atoms with Crippen LogP contribution in [0.2, 0.25) is 0 Å². The quantitative estimate of drug-likeness (QED) is 0.0345. The zero-order chi connectivity index (χ0) is 52.0. The van der Waals surface area contributed by atoms with Crippen LogP contribution in [0.25, 0.3) is 0 Å². The van der Waals surface area contributed by atoms with E-state index in [0.29, 0.717) is 26.1 Å². The van der Waals surface area contributed by atoms with Gasteiger partial charge in [0.25, 0.3) is 0 Å². The molecule has 0 aliphatic rings. The molecule has 0 spiro atoms. The van der Waals surface area contributed by atoms with E-state index in [2.05, 4.69) is 45.1 Å². The van der Waals surface area contributed by atoms with E-state index in [1.54, 1.807) is 0 Å². The van der Waals surface area contributed by atoms with Crippen molar-refractivity contribution in [3.05, 3.63) is 24.3 Å². The highest BCUT2D eigenvalue weighted by Gasteiger charge is 2.18. The van der Waals surface area contributed by atoms with Crippen LogP contribution in [-0.4, -0.2) is 37.9 Å². The number of ether oxygens (including phenoxy) is 3. The first-order chi connectivity index (χ1) is 35.6. The van der Waals surface area contributed by atoms with E-state index in [1.165, 1.54) is 295 Å². The van der Waals surface area contributed by atoms with Crippen LogP contribution < -0.4 is 0 Å². The van der Waals surface area contributed by atoms with Crippen molar-refractivity contribution in [3.63, 3.8) is 0 Å². The smallest absolute Gasteiger partial charge is 0.306 e. The fraction of sp³-hybridized carbons (Fsp3) is 0.910. The third-order valence-corrected chi connectivity index (χ3v) is 15.0. The van der Waals surface area contributed by atoms with Crippen molar-refractivity contribution in [2.75, 3.05) is 19.8 Å². The van der Waals surface area contributed by atoms with E-state index in [-0.39, 0.29) is 18.5 Å². The molecule has 0 rings (SSSR count). The minimum atomic E-state index is -0.532. The van der Waals surface area contributed by atoms with Gasteiger partial charge in [-0.05, 0) is 51.4 Å². The number of rotatable bonds is 62. The largest absolute Gasteiger partial charge is 0.462 e. The Labute approximate surface area is 451 Å². The Kier molecular flexibility index (Phi) is 62.2. The predicted molar refractivity (Wildman–Crippen MR) is 316 cm³/mol. The van der Waals surface area contributed by atoms with Gasteiger partial charge in [-0.15, -0.1) is 0 Å². The summed E-state index contributed by atoms with van der Waals surface area (Å²) in [5.74, 6) is -0.368. The third-order valence-electron chi connectivity index (χ3n) is 15.0. The zero-order valence-corrected chi connectivity index (χ0v) is 49.2. The molecule has 1 atom stereocenters. The van der Waals surface area contributed by atoms with Gasteiger partial charge in [0, 0.05) is 19.4 Å². The van der Waals surface area contributed by atoms with Crippen molar-refractivity contribution in [2.24, 2.45) is 0 Å². The molecule has 0 amide bonds. The normalized spacial score (nSPS) is 12.2. The van der Waals surface area contributed by atoms with Gasteiger partial charge < -0.3 is 14.2 Å². The summed E-state index contributed by atoms with van der Waals surface area (Å²) in [6.07, 6.45) is 77.9. The van der Waals surface area contributed by atoms with E-state index >= 15 is 0 Å². The van der Waals surface area contributed by atoms with Crippen LogP contribution in [0, 0.1) is 0 Å². The highest BCUT2D eigenvalue weighted by atomic mass is 16.6. The van der Waals surface area contributed by atoms with Crippen LogP contribution in [0.3, 0.4) is 0 Å². The average Bonchev–Trinajstić information content (AvgIpc) is 3.38. The van der Waals surface area contributed by atoms with E-state index < -0.39 is 6.10 Å². The molecule has 0 saturated heterocycles. The summed E-state index contributed by atoms with van der Waals surface area (Å²) in [4.78, 5) is 25.6. The summed E-state index contributed by atoms with van der Waals surface area (Å²) in [5.41, 5.74) is 0. The molecule has 0 heterocycles. The van der Waals surface area contributed by atoms with Gasteiger partial charge in [-0.1, -0.05) is 328 Å². The van der Waals surface area contributed by atoms with Crippen LogP contribution >= 0.6 is 0 Å². The first-order valence-corrected chi connectivity index (χ1v) is 32.9. The molecule has 0 N–H and O–H groups in total. The molecule has 0 saturated carbocycles. The van der Waals surface area contributed by atoms with Crippen LogP contribution in [-0.2, 0) is 23.8 Å². The van der Waals surface area contributed by atoms with Gasteiger partial charge >= 0.3 is 11.9 Å². The molecule has 5 heteroatoms. The van der Waals surface area contributed by atoms with Gasteiger partial charge in [-0.25, -0.2) is 0 Å². The summed E-state index contributed by atoms with van der Waals surface area (Å²) in [5, 5.41) is 0. The molecule has 0 aromatic heterocycles. The van der Waals surface area contributed by atoms with Gasteiger partial charge in [0.05, 0.1) is 6.61 Å². The van der Waals surface area contributed by atoms with E-state index in [4.69, 9.17) is 14.2 Å². The third kappa shape index (κ3) is 60.9. The summed E-state index contributed by atoms with van der Waals surface area (Å²) in [7, 11) is 0. The van der Waals surface area contributed by atoms with Crippen molar-refractivity contribution < 1.29 is 23.8 Å². The molecule has 72 heavy (non-hydrogen) atoms. The Balaban J connectivity index is 4.21. The maximum Gasteiger partial charge on any atom is 0.306 e. The maximum absolute atomic E-state index is 12.9. The van der Waals surface area contributed by atoms with Crippen molar-refractivity contribution >= 4 is 11.9 Å². The molecule has 426 valence electrons. The van der Waals surface area contributed by atoms with Crippen LogP contribution in [0.4, 0.5) is 0 Å². The number of unbranched alkanes of at least 4 members (excludes halogenated alkanes) is 47. The van der Waals surface area contributed by atoms with E-state index in [0.717, 1.165) is 38.5 Å². The van der Waals surface area contributed by atoms with Gasteiger partial charge in [0.1, 0.15) is 6.61 Å². The van der Waals surface area contributed by atoms with Gasteiger partial charge in [0.2, 0.25) is 0 Å². The number of hydrogen-bond acceptors (Lipinski definition) is 5.